The first-order valence-electron chi connectivity index (χ1n) is 3.96. The van der Waals surface area contributed by atoms with Crippen LogP contribution in [-0.2, 0) is 5.88 Å². The predicted octanol–water partition coefficient (Wildman–Crippen LogP) is 4.60. The van der Waals surface area contributed by atoms with E-state index in [-0.39, 0.29) is 0 Å². The molecule has 0 nitrogen and oxygen atoms in total. The van der Waals surface area contributed by atoms with Crippen molar-refractivity contribution < 1.29 is 0 Å². The van der Waals surface area contributed by atoms with E-state index in [2.05, 4.69) is 25.1 Å². The minimum absolute atomic E-state index is 0.497. The van der Waals surface area contributed by atoms with Crippen molar-refractivity contribution in [2.45, 2.75) is 12.8 Å². The highest BCUT2D eigenvalue weighted by atomic mass is 35.5. The van der Waals surface area contributed by atoms with E-state index >= 15 is 0 Å². The highest BCUT2D eigenvalue weighted by Crippen LogP contribution is 2.36. The molecule has 1 heterocycles. The first-order valence-corrected chi connectivity index (χ1v) is 5.69. The van der Waals surface area contributed by atoms with Crippen LogP contribution in [0.25, 0.3) is 10.1 Å². The molecule has 0 N–H and O–H groups in total. The molecule has 2 aromatic rings. The lowest BCUT2D eigenvalue weighted by Gasteiger charge is -1.91. The minimum atomic E-state index is 0.497. The summed E-state index contributed by atoms with van der Waals surface area (Å²) in [6.45, 7) is 2.08. The van der Waals surface area contributed by atoms with Crippen LogP contribution in [0.5, 0.6) is 0 Å². The van der Waals surface area contributed by atoms with E-state index in [1.807, 2.05) is 0 Å². The smallest absolute Gasteiger partial charge is 0.0636 e. The zero-order valence-corrected chi connectivity index (χ0v) is 9.43. The van der Waals surface area contributed by atoms with Crippen molar-refractivity contribution in [3.05, 3.63) is 33.7 Å². The lowest BCUT2D eigenvalue weighted by atomic mass is 10.2. The van der Waals surface area contributed by atoms with Crippen LogP contribution >= 0.6 is 34.5 Å². The Kier molecular flexibility index (Phi) is 2.50. The molecule has 1 aromatic carbocycles. The normalized spacial score (nSPS) is 11.0. The van der Waals surface area contributed by atoms with Crippen molar-refractivity contribution in [3.63, 3.8) is 0 Å². The van der Waals surface area contributed by atoms with Gasteiger partial charge in [-0.1, -0.05) is 23.7 Å². The standard InChI is InChI=1S/C10H8Cl2S/c1-6-2-3-7-8(4-6)13-9(5-11)10(7)12/h2-4H,5H2,1H3. The summed E-state index contributed by atoms with van der Waals surface area (Å²) in [4.78, 5) is 1.06. The van der Waals surface area contributed by atoms with Gasteiger partial charge in [-0.05, 0) is 18.6 Å². The van der Waals surface area contributed by atoms with E-state index < -0.39 is 0 Å². The van der Waals surface area contributed by atoms with Crippen LogP contribution in [0.15, 0.2) is 18.2 Å². The molecule has 3 heteroatoms. The zero-order chi connectivity index (χ0) is 9.42. The van der Waals surface area contributed by atoms with Gasteiger partial charge in [0.15, 0.2) is 0 Å². The maximum absolute atomic E-state index is 6.14. The molecule has 68 valence electrons. The summed E-state index contributed by atoms with van der Waals surface area (Å²) in [5, 5.41) is 1.93. The molecule has 0 radical (unpaired) electrons. The molecule has 0 saturated heterocycles. The summed E-state index contributed by atoms with van der Waals surface area (Å²) in [6, 6.07) is 6.26. The van der Waals surface area contributed by atoms with Crippen molar-refractivity contribution in [1.29, 1.82) is 0 Å². The number of halogens is 2. The molecule has 13 heavy (non-hydrogen) atoms. The summed E-state index contributed by atoms with van der Waals surface area (Å²) >= 11 is 13.6. The Bertz CT molecular complexity index is 445. The second-order valence-corrected chi connectivity index (χ2v) is 4.75. The molecule has 0 saturated carbocycles. The molecule has 0 aliphatic heterocycles. The van der Waals surface area contributed by atoms with Crippen molar-refractivity contribution in [1.82, 2.24) is 0 Å². The Morgan fingerprint density at radius 1 is 1.38 bits per heavy atom. The van der Waals surface area contributed by atoms with Crippen LogP contribution in [0.2, 0.25) is 5.02 Å². The molecule has 0 bridgehead atoms. The largest absolute Gasteiger partial charge is 0.137 e. The fourth-order valence-electron chi connectivity index (χ4n) is 1.31. The maximum atomic E-state index is 6.14. The van der Waals surface area contributed by atoms with Crippen LogP contribution in [0.1, 0.15) is 10.4 Å². The molecular weight excluding hydrogens is 223 g/mol. The van der Waals surface area contributed by atoms with Crippen LogP contribution < -0.4 is 0 Å². The Balaban J connectivity index is 2.76. The van der Waals surface area contributed by atoms with Gasteiger partial charge in [-0.25, -0.2) is 0 Å². The van der Waals surface area contributed by atoms with E-state index in [9.17, 15) is 0 Å². The second-order valence-electron chi connectivity index (χ2n) is 2.97. The van der Waals surface area contributed by atoms with Gasteiger partial charge < -0.3 is 0 Å². The predicted molar refractivity (Wildman–Crippen MR) is 61.1 cm³/mol. The third kappa shape index (κ3) is 1.56. The summed E-state index contributed by atoms with van der Waals surface area (Å²) < 4.78 is 1.22. The molecule has 0 fully saturated rings. The Morgan fingerprint density at radius 3 is 2.85 bits per heavy atom. The van der Waals surface area contributed by atoms with Crippen LogP contribution in [0.4, 0.5) is 0 Å². The quantitative estimate of drug-likeness (QED) is 0.629. The zero-order valence-electron chi connectivity index (χ0n) is 7.10. The SMILES string of the molecule is Cc1ccc2c(Cl)c(CCl)sc2c1. The summed E-state index contributed by atoms with van der Waals surface area (Å²) in [5.41, 5.74) is 1.26. The third-order valence-electron chi connectivity index (χ3n) is 1.97. The van der Waals surface area contributed by atoms with Gasteiger partial charge in [0.2, 0.25) is 0 Å². The molecule has 0 amide bonds. The number of aryl methyl sites for hydroxylation is 1. The van der Waals surface area contributed by atoms with Crippen molar-refractivity contribution in [2.24, 2.45) is 0 Å². The molecule has 0 unspecified atom stereocenters. The molecule has 0 aliphatic carbocycles. The first kappa shape index (κ1) is 9.32. The van der Waals surface area contributed by atoms with E-state index in [1.54, 1.807) is 11.3 Å². The maximum Gasteiger partial charge on any atom is 0.0636 e. The molecular formula is C10H8Cl2S. The molecule has 0 atom stereocenters. The van der Waals surface area contributed by atoms with Gasteiger partial charge in [0.05, 0.1) is 10.9 Å². The van der Waals surface area contributed by atoms with Gasteiger partial charge in [0.1, 0.15) is 0 Å². The van der Waals surface area contributed by atoms with Gasteiger partial charge in [0.25, 0.3) is 0 Å². The van der Waals surface area contributed by atoms with Gasteiger partial charge >= 0.3 is 0 Å². The van der Waals surface area contributed by atoms with Crippen LogP contribution in [-0.4, -0.2) is 0 Å². The Hall–Kier alpha value is -0.240. The van der Waals surface area contributed by atoms with Crippen molar-refractivity contribution >= 4 is 44.6 Å². The first-order chi connectivity index (χ1) is 6.22. The molecule has 1 aromatic heterocycles. The average Bonchev–Trinajstić information content (AvgIpc) is 2.42. The van der Waals surface area contributed by atoms with E-state index in [0.717, 1.165) is 15.3 Å². The third-order valence-corrected chi connectivity index (χ3v) is 4.09. The van der Waals surface area contributed by atoms with Gasteiger partial charge in [0, 0.05) is 15.0 Å². The topological polar surface area (TPSA) is 0 Å². The summed E-state index contributed by atoms with van der Waals surface area (Å²) in [5.74, 6) is 0.497. The highest BCUT2D eigenvalue weighted by Gasteiger charge is 2.08. The molecule has 0 spiro atoms. The van der Waals surface area contributed by atoms with Crippen molar-refractivity contribution in [3.8, 4) is 0 Å². The molecule has 0 aliphatic rings. The van der Waals surface area contributed by atoms with Gasteiger partial charge in [-0.2, -0.15) is 0 Å². The lowest BCUT2D eigenvalue weighted by molar-refractivity contribution is 1.51. The average molecular weight is 231 g/mol. The van der Waals surface area contributed by atoms with E-state index in [4.69, 9.17) is 23.2 Å². The number of fused-ring (bicyclic) bond motifs is 1. The van der Waals surface area contributed by atoms with Crippen molar-refractivity contribution in [2.75, 3.05) is 0 Å². The number of hydrogen-bond donors (Lipinski definition) is 0. The van der Waals surface area contributed by atoms with E-state index in [0.29, 0.717) is 5.88 Å². The second kappa shape index (κ2) is 3.49. The van der Waals surface area contributed by atoms with Crippen LogP contribution in [0.3, 0.4) is 0 Å². The van der Waals surface area contributed by atoms with Gasteiger partial charge in [-0.3, -0.25) is 0 Å². The fraction of sp³-hybridized carbons (Fsp3) is 0.200. The highest BCUT2D eigenvalue weighted by molar-refractivity contribution is 7.20. The lowest BCUT2D eigenvalue weighted by Crippen LogP contribution is -1.70. The summed E-state index contributed by atoms with van der Waals surface area (Å²) in [7, 11) is 0. The number of hydrogen-bond acceptors (Lipinski definition) is 1. The van der Waals surface area contributed by atoms with Crippen LogP contribution in [0, 0.1) is 6.92 Å². The molecule has 2 rings (SSSR count). The number of alkyl halides is 1. The fourth-order valence-corrected chi connectivity index (χ4v) is 3.12. The Labute approximate surface area is 91.1 Å². The van der Waals surface area contributed by atoms with E-state index in [1.165, 1.54) is 10.3 Å². The number of rotatable bonds is 1. The summed E-state index contributed by atoms with van der Waals surface area (Å²) in [6.07, 6.45) is 0. The Morgan fingerprint density at radius 2 is 2.15 bits per heavy atom. The monoisotopic (exact) mass is 230 g/mol. The number of benzene rings is 1. The number of thiophene rings is 1. The van der Waals surface area contributed by atoms with Gasteiger partial charge in [-0.15, -0.1) is 22.9 Å². The minimum Gasteiger partial charge on any atom is -0.137 e.